The van der Waals surface area contributed by atoms with Gasteiger partial charge in [0.1, 0.15) is 11.6 Å². The molecule has 2 heterocycles. The summed E-state index contributed by atoms with van der Waals surface area (Å²) in [7, 11) is 1.97. The van der Waals surface area contributed by atoms with E-state index in [-0.39, 0.29) is 0 Å². The molecule has 0 aliphatic rings. The molecule has 2 aromatic rings. The summed E-state index contributed by atoms with van der Waals surface area (Å²) < 4.78 is 2.83. The Bertz CT molecular complexity index is 581. The summed E-state index contributed by atoms with van der Waals surface area (Å²) in [6.07, 6.45) is 1.60. The molecule has 7 heteroatoms. The number of halogens is 2. The van der Waals surface area contributed by atoms with Crippen molar-refractivity contribution in [3.63, 3.8) is 0 Å². The Morgan fingerprint density at radius 1 is 1.42 bits per heavy atom. The van der Waals surface area contributed by atoms with Gasteiger partial charge in [0.05, 0.1) is 16.0 Å². The van der Waals surface area contributed by atoms with Crippen molar-refractivity contribution in [2.75, 3.05) is 5.32 Å². The summed E-state index contributed by atoms with van der Waals surface area (Å²) >= 11 is 9.27. The van der Waals surface area contributed by atoms with Crippen molar-refractivity contribution in [2.45, 2.75) is 26.3 Å². The predicted octanol–water partition coefficient (Wildman–Crippen LogP) is 3.36. The van der Waals surface area contributed by atoms with Gasteiger partial charge in [-0.2, -0.15) is 0 Å². The minimum absolute atomic E-state index is 0.353. The molecule has 0 saturated carbocycles. The van der Waals surface area contributed by atoms with Crippen molar-refractivity contribution in [1.82, 2.24) is 19.7 Å². The largest absolute Gasteiger partial charge is 0.362 e. The number of hydrogen-bond acceptors (Lipinski definition) is 4. The van der Waals surface area contributed by atoms with Gasteiger partial charge < -0.3 is 9.88 Å². The third kappa shape index (κ3) is 3.25. The van der Waals surface area contributed by atoms with Crippen LogP contribution in [-0.2, 0) is 13.6 Å². The smallest absolute Gasteiger partial charge is 0.152 e. The van der Waals surface area contributed by atoms with Gasteiger partial charge in [0.25, 0.3) is 0 Å². The van der Waals surface area contributed by atoms with E-state index in [9.17, 15) is 0 Å². The summed E-state index contributed by atoms with van der Waals surface area (Å²) in [6, 6.07) is 1.80. The van der Waals surface area contributed by atoms with Crippen LogP contribution in [0.25, 0.3) is 0 Å². The standard InChI is InChI=1S/C12H15BrClN5/c1-7(2)12-18-17-10(19(12)3)6-16-11-9(13)4-8(14)5-15-11/h4-5,7H,6H2,1-3H3,(H,15,16). The Kier molecular flexibility index (Phi) is 4.42. The molecule has 0 bridgehead atoms. The van der Waals surface area contributed by atoms with Gasteiger partial charge in [-0.15, -0.1) is 10.2 Å². The molecule has 0 aromatic carbocycles. The predicted molar refractivity (Wildman–Crippen MR) is 79.4 cm³/mol. The zero-order valence-corrected chi connectivity index (χ0v) is 13.3. The van der Waals surface area contributed by atoms with E-state index in [1.165, 1.54) is 0 Å². The van der Waals surface area contributed by atoms with Crippen molar-refractivity contribution >= 4 is 33.3 Å². The molecule has 2 aromatic heterocycles. The third-order valence-corrected chi connectivity index (χ3v) is 3.55. The van der Waals surface area contributed by atoms with Gasteiger partial charge in [-0.1, -0.05) is 25.4 Å². The van der Waals surface area contributed by atoms with Crippen LogP contribution in [0.15, 0.2) is 16.7 Å². The van der Waals surface area contributed by atoms with Crippen molar-refractivity contribution in [2.24, 2.45) is 7.05 Å². The molecule has 0 unspecified atom stereocenters. The number of rotatable bonds is 4. The van der Waals surface area contributed by atoms with E-state index in [1.54, 1.807) is 12.3 Å². The Hall–Kier alpha value is -1.14. The molecular formula is C12H15BrClN5. The van der Waals surface area contributed by atoms with Crippen LogP contribution in [-0.4, -0.2) is 19.7 Å². The minimum Gasteiger partial charge on any atom is -0.362 e. The summed E-state index contributed by atoms with van der Waals surface area (Å²) in [6.45, 7) is 4.75. The maximum atomic E-state index is 5.85. The maximum absolute atomic E-state index is 5.85. The Morgan fingerprint density at radius 2 is 2.16 bits per heavy atom. The highest BCUT2D eigenvalue weighted by atomic mass is 79.9. The first-order valence-electron chi connectivity index (χ1n) is 5.92. The van der Waals surface area contributed by atoms with Gasteiger partial charge in [0.15, 0.2) is 5.82 Å². The quantitative estimate of drug-likeness (QED) is 0.924. The van der Waals surface area contributed by atoms with Crippen molar-refractivity contribution in [3.05, 3.63) is 33.4 Å². The normalized spacial score (nSPS) is 11.1. The Labute approximate surface area is 125 Å². The zero-order valence-electron chi connectivity index (χ0n) is 11.0. The average Bonchev–Trinajstić information content (AvgIpc) is 2.70. The van der Waals surface area contributed by atoms with E-state index in [0.717, 1.165) is 21.9 Å². The van der Waals surface area contributed by atoms with Gasteiger partial charge in [-0.25, -0.2) is 4.98 Å². The lowest BCUT2D eigenvalue weighted by atomic mass is 10.2. The van der Waals surface area contributed by atoms with E-state index in [0.29, 0.717) is 17.5 Å². The first-order chi connectivity index (χ1) is 8.99. The second-order valence-electron chi connectivity index (χ2n) is 4.53. The number of hydrogen-bond donors (Lipinski definition) is 1. The monoisotopic (exact) mass is 343 g/mol. The molecule has 5 nitrogen and oxygen atoms in total. The summed E-state index contributed by atoms with van der Waals surface area (Å²) in [4.78, 5) is 4.22. The fourth-order valence-corrected chi connectivity index (χ4v) is 2.52. The molecule has 102 valence electrons. The van der Waals surface area contributed by atoms with Crippen LogP contribution in [0.5, 0.6) is 0 Å². The second-order valence-corrected chi connectivity index (χ2v) is 5.82. The third-order valence-electron chi connectivity index (χ3n) is 2.74. The van der Waals surface area contributed by atoms with Gasteiger partial charge in [-0.05, 0) is 22.0 Å². The van der Waals surface area contributed by atoms with Crippen LogP contribution in [0.4, 0.5) is 5.82 Å². The van der Waals surface area contributed by atoms with E-state index < -0.39 is 0 Å². The molecule has 0 spiro atoms. The molecule has 1 N–H and O–H groups in total. The first kappa shape index (κ1) is 14.3. The van der Waals surface area contributed by atoms with E-state index in [4.69, 9.17) is 11.6 Å². The highest BCUT2D eigenvalue weighted by Crippen LogP contribution is 2.23. The lowest BCUT2D eigenvalue weighted by Gasteiger charge is -2.09. The maximum Gasteiger partial charge on any atom is 0.152 e. The molecule has 2 rings (SSSR count). The number of nitrogens with zero attached hydrogens (tertiary/aromatic N) is 4. The summed E-state index contributed by atoms with van der Waals surface area (Å²) in [5, 5.41) is 12.2. The fraction of sp³-hybridized carbons (Fsp3) is 0.417. The van der Waals surface area contributed by atoms with Gasteiger partial charge in [0.2, 0.25) is 0 Å². The second kappa shape index (κ2) is 5.88. The molecule has 19 heavy (non-hydrogen) atoms. The van der Waals surface area contributed by atoms with Crippen molar-refractivity contribution in [1.29, 1.82) is 0 Å². The highest BCUT2D eigenvalue weighted by molar-refractivity contribution is 9.10. The Morgan fingerprint density at radius 3 is 2.74 bits per heavy atom. The van der Waals surface area contributed by atoms with Crippen LogP contribution in [0.2, 0.25) is 5.02 Å². The molecule has 0 atom stereocenters. The lowest BCUT2D eigenvalue weighted by molar-refractivity contribution is 0.692. The topological polar surface area (TPSA) is 55.6 Å². The fourth-order valence-electron chi connectivity index (χ4n) is 1.74. The van der Waals surface area contributed by atoms with Crippen molar-refractivity contribution < 1.29 is 0 Å². The van der Waals surface area contributed by atoms with Gasteiger partial charge in [0, 0.05) is 19.2 Å². The minimum atomic E-state index is 0.353. The molecule has 0 amide bonds. The highest BCUT2D eigenvalue weighted by Gasteiger charge is 2.12. The van der Waals surface area contributed by atoms with E-state index >= 15 is 0 Å². The number of aromatic nitrogens is 4. The summed E-state index contributed by atoms with van der Waals surface area (Å²) in [5.74, 6) is 2.93. The SMILES string of the molecule is CC(C)c1nnc(CNc2ncc(Cl)cc2Br)n1C. The van der Waals surface area contributed by atoms with Crippen LogP contribution in [0.1, 0.15) is 31.4 Å². The molecule has 0 aliphatic carbocycles. The van der Waals surface area contributed by atoms with E-state index in [1.807, 2.05) is 11.6 Å². The average molecular weight is 345 g/mol. The van der Waals surface area contributed by atoms with Gasteiger partial charge >= 0.3 is 0 Å². The molecule has 0 saturated heterocycles. The molecule has 0 radical (unpaired) electrons. The number of anilines is 1. The first-order valence-corrected chi connectivity index (χ1v) is 7.09. The van der Waals surface area contributed by atoms with Crippen LogP contribution < -0.4 is 5.32 Å². The van der Waals surface area contributed by atoms with Gasteiger partial charge in [-0.3, -0.25) is 0 Å². The van der Waals surface area contributed by atoms with Crippen LogP contribution >= 0.6 is 27.5 Å². The number of nitrogens with one attached hydrogen (secondary N) is 1. The van der Waals surface area contributed by atoms with Crippen molar-refractivity contribution in [3.8, 4) is 0 Å². The molecule has 0 aliphatic heterocycles. The molecular weight excluding hydrogens is 330 g/mol. The summed E-state index contributed by atoms with van der Waals surface area (Å²) in [5.41, 5.74) is 0. The van der Waals surface area contributed by atoms with E-state index in [2.05, 4.69) is 50.3 Å². The van der Waals surface area contributed by atoms with Crippen LogP contribution in [0, 0.1) is 0 Å². The number of pyridine rings is 1. The van der Waals surface area contributed by atoms with Crippen LogP contribution in [0.3, 0.4) is 0 Å². The zero-order chi connectivity index (χ0) is 14.0. The Balaban J connectivity index is 2.10. The molecule has 0 fully saturated rings. The lowest BCUT2D eigenvalue weighted by Crippen LogP contribution is -2.09.